The molecule has 5 nitrogen and oxygen atoms in total. The monoisotopic (exact) mass is 622 g/mol. The molecule has 5 rings (SSSR count). The summed E-state index contributed by atoms with van der Waals surface area (Å²) in [6.45, 7) is 5.29. The Bertz CT molecular complexity index is 1640. The van der Waals surface area contributed by atoms with E-state index in [0.29, 0.717) is 29.4 Å². The van der Waals surface area contributed by atoms with Gasteiger partial charge in [-0.15, -0.1) is 11.3 Å². The molecule has 41 heavy (non-hydrogen) atoms. The number of alkyl halides is 3. The second-order valence-electron chi connectivity index (χ2n) is 10.5. The van der Waals surface area contributed by atoms with Gasteiger partial charge in [-0.1, -0.05) is 47.5 Å². The van der Waals surface area contributed by atoms with Crippen LogP contribution in [0.3, 0.4) is 0 Å². The lowest BCUT2D eigenvalue weighted by Crippen LogP contribution is -2.23. The number of hydrogen-bond donors (Lipinski definition) is 1. The van der Waals surface area contributed by atoms with Gasteiger partial charge in [0.15, 0.2) is 0 Å². The predicted octanol–water partition coefficient (Wildman–Crippen LogP) is 8.40. The third kappa shape index (κ3) is 6.35. The molecule has 2 aliphatic rings. The van der Waals surface area contributed by atoms with Crippen molar-refractivity contribution in [1.29, 1.82) is 0 Å². The van der Waals surface area contributed by atoms with E-state index in [1.54, 1.807) is 0 Å². The number of likely N-dealkylation sites (N-methyl/N-ethyl adjacent to an activating group) is 1. The zero-order valence-electron chi connectivity index (χ0n) is 22.8. The molecule has 0 spiro atoms. The molecular weight excluding hydrogens is 593 g/mol. The zero-order valence-corrected chi connectivity index (χ0v) is 25.2. The molecule has 3 aromatic rings. The van der Waals surface area contributed by atoms with Crippen molar-refractivity contribution in [3.63, 3.8) is 0 Å². The van der Waals surface area contributed by atoms with Crippen LogP contribution in [0.25, 0.3) is 16.7 Å². The predicted molar refractivity (Wildman–Crippen MR) is 159 cm³/mol. The molecule has 218 valence electrons. The van der Waals surface area contributed by atoms with Gasteiger partial charge in [-0.05, 0) is 80.6 Å². The van der Waals surface area contributed by atoms with Gasteiger partial charge in [-0.25, -0.2) is 8.42 Å². The highest BCUT2D eigenvalue weighted by Crippen LogP contribution is 2.43. The van der Waals surface area contributed by atoms with E-state index in [4.69, 9.17) is 16.3 Å². The van der Waals surface area contributed by atoms with Crippen LogP contribution in [0, 0.1) is 6.92 Å². The van der Waals surface area contributed by atoms with E-state index >= 15 is 0 Å². The van der Waals surface area contributed by atoms with Crippen molar-refractivity contribution in [1.82, 2.24) is 4.90 Å². The Morgan fingerprint density at radius 2 is 1.85 bits per heavy atom. The summed E-state index contributed by atoms with van der Waals surface area (Å²) in [7, 11) is -2.29. The summed E-state index contributed by atoms with van der Waals surface area (Å²) in [4.78, 5) is 1.96. The Morgan fingerprint density at radius 1 is 1.10 bits per heavy atom. The lowest BCUT2D eigenvalue weighted by molar-refractivity contribution is -0.139. The second-order valence-corrected chi connectivity index (χ2v) is 14.0. The Balaban J connectivity index is 1.45. The zero-order chi connectivity index (χ0) is 29.5. The van der Waals surface area contributed by atoms with E-state index in [1.807, 2.05) is 37.1 Å². The van der Waals surface area contributed by atoms with E-state index in [9.17, 15) is 21.6 Å². The maximum atomic E-state index is 13.7. The molecule has 1 saturated heterocycles. The van der Waals surface area contributed by atoms with E-state index in [1.165, 1.54) is 11.6 Å². The fourth-order valence-corrected chi connectivity index (χ4v) is 8.07. The van der Waals surface area contributed by atoms with Crippen LogP contribution >= 0.6 is 22.9 Å². The average Bonchev–Trinajstić information content (AvgIpc) is 3.49. The summed E-state index contributed by atoms with van der Waals surface area (Å²) in [6.07, 6.45) is 1.75. The van der Waals surface area contributed by atoms with Crippen molar-refractivity contribution < 1.29 is 26.3 Å². The summed E-state index contributed by atoms with van der Waals surface area (Å²) in [5.74, 6) is -0.406. The summed E-state index contributed by atoms with van der Waals surface area (Å²) < 4.78 is 76.2. The summed E-state index contributed by atoms with van der Waals surface area (Å²) >= 11 is 7.48. The summed E-state index contributed by atoms with van der Waals surface area (Å²) in [6, 6.07) is 10.4. The molecule has 11 heteroatoms. The van der Waals surface area contributed by atoms with Crippen molar-refractivity contribution in [3.05, 3.63) is 81.2 Å². The van der Waals surface area contributed by atoms with Gasteiger partial charge in [-0.2, -0.15) is 13.2 Å². The number of likely N-dealkylation sites (tertiary alicyclic amines) is 1. The van der Waals surface area contributed by atoms with Gasteiger partial charge in [0.1, 0.15) is 20.4 Å². The number of rotatable bonds is 7. The number of hydrogen-bond acceptors (Lipinski definition) is 5. The molecule has 1 N–H and O–H groups in total. The molecule has 1 aliphatic carbocycles. The van der Waals surface area contributed by atoms with Gasteiger partial charge in [0.2, 0.25) is 0 Å². The minimum Gasteiger partial charge on any atom is -0.488 e. The smallest absolute Gasteiger partial charge is 0.419 e. The third-order valence-electron chi connectivity index (χ3n) is 7.45. The minimum atomic E-state index is -4.65. The van der Waals surface area contributed by atoms with Crippen molar-refractivity contribution in [3.8, 4) is 16.9 Å². The topological polar surface area (TPSA) is 58.6 Å². The third-order valence-corrected chi connectivity index (χ3v) is 10.7. The SMILES string of the molecule is CC1=C(c2cccc(-c3cc(S(=O)(=O)Nc4ccc(C(F)(F)F)c(O[C@@H]5CCN(C)C5)c4)sc3Cl)c2C)C=CCC1. The fraction of sp³-hybridized carbons (Fsp3) is 0.333. The molecular formula is C30H30ClF3N2O3S2. The molecule has 1 aliphatic heterocycles. The van der Waals surface area contributed by atoms with Crippen molar-refractivity contribution in [2.75, 3.05) is 24.9 Å². The van der Waals surface area contributed by atoms with Crippen LogP contribution in [0.4, 0.5) is 18.9 Å². The largest absolute Gasteiger partial charge is 0.488 e. The van der Waals surface area contributed by atoms with Crippen LogP contribution in [0.5, 0.6) is 5.75 Å². The van der Waals surface area contributed by atoms with Crippen LogP contribution in [-0.2, 0) is 16.2 Å². The molecule has 1 aromatic heterocycles. The van der Waals surface area contributed by atoms with Gasteiger partial charge in [-0.3, -0.25) is 4.72 Å². The molecule has 0 bridgehead atoms. The maximum absolute atomic E-state index is 13.7. The van der Waals surface area contributed by atoms with Gasteiger partial charge in [0.25, 0.3) is 10.0 Å². The first-order valence-corrected chi connectivity index (χ1v) is 15.9. The van der Waals surface area contributed by atoms with Gasteiger partial charge in [0.05, 0.1) is 11.3 Å². The number of anilines is 1. The van der Waals surface area contributed by atoms with E-state index < -0.39 is 33.6 Å². The number of allylic oxidation sites excluding steroid dienone is 4. The number of thiophene rings is 1. The Morgan fingerprint density at radius 3 is 2.54 bits per heavy atom. The highest BCUT2D eigenvalue weighted by molar-refractivity contribution is 7.94. The van der Waals surface area contributed by atoms with Crippen molar-refractivity contribution in [2.45, 2.75) is 49.6 Å². The lowest BCUT2D eigenvalue weighted by atomic mass is 9.88. The number of nitrogens with one attached hydrogen (secondary N) is 1. The molecule has 2 aromatic carbocycles. The van der Waals surface area contributed by atoms with Crippen LogP contribution in [0.2, 0.25) is 4.34 Å². The molecule has 2 heterocycles. The van der Waals surface area contributed by atoms with Crippen LogP contribution in [-0.4, -0.2) is 39.6 Å². The highest BCUT2D eigenvalue weighted by atomic mass is 35.5. The molecule has 0 saturated carbocycles. The van der Waals surface area contributed by atoms with Crippen LogP contribution < -0.4 is 9.46 Å². The number of ether oxygens (including phenoxy) is 1. The molecule has 1 atom stereocenters. The Hall–Kier alpha value is -2.79. The van der Waals surface area contributed by atoms with Gasteiger partial charge < -0.3 is 9.64 Å². The molecule has 0 unspecified atom stereocenters. The Kier molecular flexibility index (Phi) is 8.31. The first-order valence-electron chi connectivity index (χ1n) is 13.2. The quantitative estimate of drug-likeness (QED) is 0.287. The minimum absolute atomic E-state index is 0.0323. The number of benzene rings is 2. The first kappa shape index (κ1) is 29.7. The standard InChI is InChI=1S/C30H30ClF3N2O3S2/c1-18-7-4-5-8-22(18)23-9-6-10-24(19(23)2)25-16-28(40-29(25)31)41(37,38)35-20-11-12-26(30(32,33)34)27(15-20)39-21-13-14-36(3)17-21/h5-6,8-12,15-16,21,35H,4,7,13-14,17H2,1-3H3/t21-/m1/s1. The van der Waals surface area contributed by atoms with Crippen molar-refractivity contribution in [2.24, 2.45) is 0 Å². The fourth-order valence-electron chi connectivity index (χ4n) is 5.27. The van der Waals surface area contributed by atoms with Crippen LogP contribution in [0.1, 0.15) is 42.9 Å². The molecule has 0 amide bonds. The van der Waals surface area contributed by atoms with Gasteiger partial charge >= 0.3 is 6.18 Å². The van der Waals surface area contributed by atoms with Crippen LogP contribution in [0.15, 0.2) is 64.4 Å². The normalized spacial score (nSPS) is 18.3. The first-order chi connectivity index (χ1) is 19.3. The number of sulfonamides is 1. The van der Waals surface area contributed by atoms with E-state index in [-0.39, 0.29) is 9.90 Å². The molecule has 0 radical (unpaired) electrons. The average molecular weight is 623 g/mol. The molecule has 1 fully saturated rings. The second kappa shape index (κ2) is 11.5. The highest BCUT2D eigenvalue weighted by Gasteiger charge is 2.36. The van der Waals surface area contributed by atoms with E-state index in [0.717, 1.165) is 64.6 Å². The summed E-state index contributed by atoms with van der Waals surface area (Å²) in [5.41, 5.74) is 4.89. The van der Waals surface area contributed by atoms with Gasteiger partial charge in [0, 0.05) is 24.7 Å². The van der Waals surface area contributed by atoms with Crippen molar-refractivity contribution >= 4 is 44.2 Å². The number of nitrogens with zero attached hydrogens (tertiary/aromatic N) is 1. The number of halogens is 4. The lowest BCUT2D eigenvalue weighted by Gasteiger charge is -2.19. The maximum Gasteiger partial charge on any atom is 0.419 e. The summed E-state index contributed by atoms with van der Waals surface area (Å²) in [5, 5.41) is 0. The Labute approximate surface area is 247 Å². The van der Waals surface area contributed by atoms with E-state index in [2.05, 4.69) is 23.8 Å².